The first-order valence-electron chi connectivity index (χ1n) is 10.1. The molecule has 8 nitrogen and oxygen atoms in total. The van der Waals surface area contributed by atoms with Crippen molar-refractivity contribution in [3.05, 3.63) is 53.7 Å². The molecule has 0 atom stereocenters. The maximum Gasteiger partial charge on any atom is 0.408 e. The van der Waals surface area contributed by atoms with E-state index in [1.54, 1.807) is 32.2 Å². The zero-order valence-electron chi connectivity index (χ0n) is 18.2. The van der Waals surface area contributed by atoms with Gasteiger partial charge >= 0.3 is 6.18 Å². The number of hydrogen-bond donors (Lipinski definition) is 2. The standard InChI is InChI=1S/C23H19F3N6O2/c1-4-5-28-21(33)16-7-15(8-27-9-16)18-6-13(2)19-20(30-18)14(3)32(22(19)34)17-10-29-31(11-17)12-23(24,25)26/h1,6-11,34H,5,12H2,2-3H3,(H,28,33). The molecule has 11 heteroatoms. The molecule has 2 N–H and O–H groups in total. The average Bonchev–Trinajstić information content (AvgIpc) is 3.32. The summed E-state index contributed by atoms with van der Waals surface area (Å²) in [4.78, 5) is 21.0. The Balaban J connectivity index is 1.78. The summed E-state index contributed by atoms with van der Waals surface area (Å²) in [5.41, 5.74) is 3.32. The topological polar surface area (TPSA) is 97.9 Å². The van der Waals surface area contributed by atoms with Gasteiger partial charge in [0.1, 0.15) is 6.54 Å². The molecule has 0 aliphatic heterocycles. The van der Waals surface area contributed by atoms with E-state index in [1.807, 2.05) is 0 Å². The van der Waals surface area contributed by atoms with Crippen LogP contribution in [0.5, 0.6) is 5.88 Å². The Hall–Kier alpha value is -4.33. The van der Waals surface area contributed by atoms with Gasteiger partial charge in [-0.15, -0.1) is 6.42 Å². The lowest BCUT2D eigenvalue weighted by atomic mass is 10.1. The van der Waals surface area contributed by atoms with Crippen molar-refractivity contribution in [1.82, 2.24) is 29.6 Å². The summed E-state index contributed by atoms with van der Waals surface area (Å²) in [5, 5.41) is 17.7. The normalized spacial score (nSPS) is 11.5. The van der Waals surface area contributed by atoms with Crippen molar-refractivity contribution >= 4 is 16.8 Å². The van der Waals surface area contributed by atoms with Gasteiger partial charge in [0.05, 0.1) is 40.6 Å². The molecule has 34 heavy (non-hydrogen) atoms. The minimum absolute atomic E-state index is 0.0813. The Kier molecular flexibility index (Phi) is 5.75. The molecule has 1 amide bonds. The molecule has 0 spiro atoms. The summed E-state index contributed by atoms with van der Waals surface area (Å²) in [6.45, 7) is 2.31. The highest BCUT2D eigenvalue weighted by Crippen LogP contribution is 2.37. The highest BCUT2D eigenvalue weighted by Gasteiger charge is 2.29. The molecule has 174 valence electrons. The van der Waals surface area contributed by atoms with Crippen LogP contribution in [0.25, 0.3) is 27.8 Å². The van der Waals surface area contributed by atoms with Crippen molar-refractivity contribution in [2.75, 3.05) is 6.54 Å². The van der Waals surface area contributed by atoms with Crippen LogP contribution < -0.4 is 5.32 Å². The van der Waals surface area contributed by atoms with E-state index >= 15 is 0 Å². The third kappa shape index (κ3) is 4.30. The number of nitrogens with one attached hydrogen (secondary N) is 1. The Labute approximate surface area is 192 Å². The van der Waals surface area contributed by atoms with E-state index in [1.165, 1.54) is 23.2 Å². The van der Waals surface area contributed by atoms with Crippen LogP contribution in [-0.2, 0) is 6.54 Å². The average molecular weight is 468 g/mol. The van der Waals surface area contributed by atoms with Crippen LogP contribution >= 0.6 is 0 Å². The molecule has 0 unspecified atom stereocenters. The second-order valence-electron chi connectivity index (χ2n) is 7.65. The Bertz CT molecular complexity index is 1450. The van der Waals surface area contributed by atoms with E-state index in [2.05, 4.69) is 26.3 Å². The predicted molar refractivity (Wildman–Crippen MR) is 118 cm³/mol. The minimum atomic E-state index is -4.42. The molecular formula is C23H19F3N6O2. The van der Waals surface area contributed by atoms with Crippen molar-refractivity contribution in [2.24, 2.45) is 0 Å². The number of aromatic hydroxyl groups is 1. The number of rotatable bonds is 5. The highest BCUT2D eigenvalue weighted by molar-refractivity contribution is 5.96. The molecule has 4 aromatic rings. The van der Waals surface area contributed by atoms with Crippen molar-refractivity contribution in [3.63, 3.8) is 0 Å². The van der Waals surface area contributed by atoms with Gasteiger partial charge in [-0.05, 0) is 31.5 Å². The van der Waals surface area contributed by atoms with Gasteiger partial charge in [0.25, 0.3) is 5.91 Å². The molecular weight excluding hydrogens is 449 g/mol. The molecule has 0 fully saturated rings. The Morgan fingerprint density at radius 3 is 2.71 bits per heavy atom. The lowest BCUT2D eigenvalue weighted by Gasteiger charge is -2.06. The van der Waals surface area contributed by atoms with Gasteiger partial charge in [-0.25, -0.2) is 4.98 Å². The van der Waals surface area contributed by atoms with Crippen LogP contribution in [0.2, 0.25) is 0 Å². The molecule has 0 aromatic carbocycles. The third-order valence-corrected chi connectivity index (χ3v) is 5.20. The van der Waals surface area contributed by atoms with E-state index in [0.717, 1.165) is 4.68 Å². The lowest BCUT2D eigenvalue weighted by molar-refractivity contribution is -0.142. The fraction of sp³-hybridized carbons (Fsp3) is 0.217. The fourth-order valence-electron chi connectivity index (χ4n) is 3.73. The van der Waals surface area contributed by atoms with E-state index in [-0.39, 0.29) is 24.0 Å². The zero-order chi connectivity index (χ0) is 24.6. The highest BCUT2D eigenvalue weighted by atomic mass is 19.4. The van der Waals surface area contributed by atoms with Gasteiger partial charge in [0.2, 0.25) is 5.88 Å². The number of amides is 1. The third-order valence-electron chi connectivity index (χ3n) is 5.20. The first kappa shape index (κ1) is 22.8. The van der Waals surface area contributed by atoms with Gasteiger partial charge in [-0.1, -0.05) is 5.92 Å². The number of pyridine rings is 2. The van der Waals surface area contributed by atoms with E-state index in [0.29, 0.717) is 39.0 Å². The molecule has 0 saturated carbocycles. The van der Waals surface area contributed by atoms with E-state index in [9.17, 15) is 23.1 Å². The monoisotopic (exact) mass is 468 g/mol. The number of nitrogens with zero attached hydrogens (tertiary/aromatic N) is 5. The first-order chi connectivity index (χ1) is 16.1. The number of halogens is 3. The molecule has 0 bridgehead atoms. The summed E-state index contributed by atoms with van der Waals surface area (Å²) >= 11 is 0. The van der Waals surface area contributed by atoms with Gasteiger partial charge in [0.15, 0.2) is 0 Å². The molecule has 4 aromatic heterocycles. The minimum Gasteiger partial charge on any atom is -0.494 e. The maximum atomic E-state index is 12.7. The fourth-order valence-corrected chi connectivity index (χ4v) is 3.73. The predicted octanol–water partition coefficient (Wildman–Crippen LogP) is 3.53. The number of carbonyl (C=O) groups is 1. The largest absolute Gasteiger partial charge is 0.494 e. The molecule has 0 radical (unpaired) electrons. The van der Waals surface area contributed by atoms with Crippen LogP contribution in [0.15, 0.2) is 36.9 Å². The van der Waals surface area contributed by atoms with E-state index in [4.69, 9.17) is 6.42 Å². The van der Waals surface area contributed by atoms with Crippen LogP contribution in [0.3, 0.4) is 0 Å². The SMILES string of the molecule is C#CCNC(=O)c1cncc(-c2cc(C)c3c(O)n(-c4cnn(CC(F)(F)F)c4)c(C)c3n2)c1. The number of hydrogen-bond acceptors (Lipinski definition) is 5. The number of aromatic nitrogens is 5. The molecule has 4 rings (SSSR count). The molecule has 0 saturated heterocycles. The quantitative estimate of drug-likeness (QED) is 0.437. The Morgan fingerprint density at radius 1 is 1.24 bits per heavy atom. The number of fused-ring (bicyclic) bond motifs is 1. The number of terminal acetylenes is 1. The van der Waals surface area contributed by atoms with Crippen molar-refractivity contribution in [1.29, 1.82) is 0 Å². The zero-order valence-corrected chi connectivity index (χ0v) is 18.2. The van der Waals surface area contributed by atoms with Crippen molar-refractivity contribution < 1.29 is 23.1 Å². The summed E-state index contributed by atoms with van der Waals surface area (Å²) in [7, 11) is 0. The second-order valence-corrected chi connectivity index (χ2v) is 7.65. The number of aryl methyl sites for hydroxylation is 2. The second kappa shape index (κ2) is 8.55. The van der Waals surface area contributed by atoms with E-state index < -0.39 is 12.7 Å². The van der Waals surface area contributed by atoms with Gasteiger partial charge in [-0.3, -0.25) is 19.0 Å². The number of alkyl halides is 3. The van der Waals surface area contributed by atoms with Crippen molar-refractivity contribution in [2.45, 2.75) is 26.6 Å². The van der Waals surface area contributed by atoms with Crippen molar-refractivity contribution in [3.8, 4) is 35.2 Å². The number of carbonyl (C=O) groups excluding carboxylic acids is 1. The van der Waals surface area contributed by atoms with Crippen LogP contribution in [0.1, 0.15) is 21.6 Å². The van der Waals surface area contributed by atoms with Crippen LogP contribution in [-0.4, -0.2) is 48.1 Å². The molecule has 0 aliphatic carbocycles. The van der Waals surface area contributed by atoms with Crippen LogP contribution in [0.4, 0.5) is 13.2 Å². The smallest absolute Gasteiger partial charge is 0.408 e. The summed E-state index contributed by atoms with van der Waals surface area (Å²) < 4.78 is 40.3. The van der Waals surface area contributed by atoms with Gasteiger partial charge in [0, 0.05) is 29.8 Å². The lowest BCUT2D eigenvalue weighted by Crippen LogP contribution is -2.23. The first-order valence-corrected chi connectivity index (χ1v) is 10.1. The Morgan fingerprint density at radius 2 is 2.00 bits per heavy atom. The summed E-state index contributed by atoms with van der Waals surface area (Å²) in [6.07, 6.45) is 6.17. The molecule has 4 heterocycles. The van der Waals surface area contributed by atoms with Gasteiger partial charge in [-0.2, -0.15) is 18.3 Å². The van der Waals surface area contributed by atoms with Gasteiger partial charge < -0.3 is 10.4 Å². The maximum absolute atomic E-state index is 12.7. The van der Waals surface area contributed by atoms with Crippen LogP contribution in [0, 0.1) is 26.2 Å². The summed E-state index contributed by atoms with van der Waals surface area (Å²) in [5.74, 6) is 1.80. The summed E-state index contributed by atoms with van der Waals surface area (Å²) in [6, 6.07) is 3.36. The molecule has 0 aliphatic rings.